The number of thioether (sulfide) groups is 2. The number of carbonyl (C=O) groups is 2. The van der Waals surface area contributed by atoms with Gasteiger partial charge in [-0.25, -0.2) is 0 Å². The van der Waals surface area contributed by atoms with Crippen molar-refractivity contribution in [3.63, 3.8) is 0 Å². The summed E-state index contributed by atoms with van der Waals surface area (Å²) in [5.41, 5.74) is 3.45. The topological polar surface area (TPSA) is 74.6 Å². The van der Waals surface area contributed by atoms with E-state index >= 15 is 0 Å². The lowest BCUT2D eigenvalue weighted by Crippen LogP contribution is -2.01. The van der Waals surface area contributed by atoms with E-state index in [4.69, 9.17) is 0 Å². The van der Waals surface area contributed by atoms with E-state index in [0.717, 1.165) is 40.4 Å². The van der Waals surface area contributed by atoms with Crippen LogP contribution in [0, 0.1) is 0 Å². The molecular weight excluding hydrogens is 505 g/mol. The molecule has 2 heterocycles. The summed E-state index contributed by atoms with van der Waals surface area (Å²) in [7, 11) is 0. The van der Waals surface area contributed by atoms with Crippen LogP contribution in [-0.4, -0.2) is 34.7 Å². The van der Waals surface area contributed by atoms with E-state index in [9.17, 15) is 19.8 Å². The van der Waals surface area contributed by atoms with Crippen molar-refractivity contribution in [1.82, 2.24) is 0 Å². The molecule has 2 aromatic heterocycles. The number of hydrogen-bond donors (Lipinski definition) is 2. The smallest absolute Gasteiger partial charge is 0.307 e. The Morgan fingerprint density at radius 1 is 0.676 bits per heavy atom. The number of benzene rings is 2. The zero-order chi connectivity index (χ0) is 24.2. The molecule has 0 aliphatic carbocycles. The fraction of sp³-hybridized carbons (Fsp3) is 0.154. The summed E-state index contributed by atoms with van der Waals surface area (Å²) < 4.78 is 0. The number of thiophene rings is 2. The van der Waals surface area contributed by atoms with Crippen molar-refractivity contribution in [2.75, 3.05) is 12.5 Å². The predicted octanol–water partition coefficient (Wildman–Crippen LogP) is 7.51. The van der Waals surface area contributed by atoms with Crippen molar-refractivity contribution in [1.29, 1.82) is 0 Å². The highest BCUT2D eigenvalue weighted by atomic mass is 32.2. The lowest BCUT2D eigenvalue weighted by atomic mass is 10.1. The zero-order valence-corrected chi connectivity index (χ0v) is 21.8. The largest absolute Gasteiger partial charge is 0.481 e. The third kappa shape index (κ3) is 5.58. The second-order valence-corrected chi connectivity index (χ2v) is 11.4. The Morgan fingerprint density at radius 2 is 1.03 bits per heavy atom. The van der Waals surface area contributed by atoms with E-state index in [0.29, 0.717) is 11.1 Å². The van der Waals surface area contributed by atoms with Crippen LogP contribution in [-0.2, 0) is 22.4 Å². The van der Waals surface area contributed by atoms with Crippen LogP contribution in [0.3, 0.4) is 0 Å². The van der Waals surface area contributed by atoms with Crippen molar-refractivity contribution in [3.05, 3.63) is 71.8 Å². The van der Waals surface area contributed by atoms with Gasteiger partial charge in [0.1, 0.15) is 0 Å². The quantitative estimate of drug-likeness (QED) is 0.220. The molecule has 8 heteroatoms. The standard InChI is InChI=1S/C26H22O4S4/c1-31-19-7-3-15(4-8-19)21-11-17(13-23(27)28)25(33-21)26-18(14-24(29)30)12-22(34-26)16-5-9-20(32-2)10-6-16/h3-12H,13-14H2,1-2H3,(H,27,28)(H,29,30). The monoisotopic (exact) mass is 526 g/mol. The highest BCUT2D eigenvalue weighted by Crippen LogP contribution is 2.46. The first kappa shape index (κ1) is 24.6. The molecule has 2 N–H and O–H groups in total. The number of carboxylic acids is 2. The third-order valence-corrected chi connectivity index (χ3v) is 9.36. The van der Waals surface area contributed by atoms with Gasteiger partial charge in [0, 0.05) is 29.3 Å². The van der Waals surface area contributed by atoms with Gasteiger partial charge >= 0.3 is 11.9 Å². The molecule has 4 rings (SSSR count). The first-order valence-electron chi connectivity index (χ1n) is 10.4. The molecule has 0 aliphatic rings. The molecule has 0 amide bonds. The molecule has 4 aromatic rings. The Morgan fingerprint density at radius 3 is 1.32 bits per heavy atom. The molecule has 0 saturated carbocycles. The van der Waals surface area contributed by atoms with Gasteiger partial charge in [0.25, 0.3) is 0 Å². The van der Waals surface area contributed by atoms with E-state index in [1.807, 2.05) is 73.2 Å². The summed E-state index contributed by atoms with van der Waals surface area (Å²) in [4.78, 5) is 29.2. The fourth-order valence-corrected chi connectivity index (χ4v) is 7.01. The Balaban J connectivity index is 1.83. The Bertz CT molecular complexity index is 1210. The van der Waals surface area contributed by atoms with Gasteiger partial charge in [0.15, 0.2) is 0 Å². The third-order valence-electron chi connectivity index (χ3n) is 5.26. The predicted molar refractivity (Wildman–Crippen MR) is 145 cm³/mol. The van der Waals surface area contributed by atoms with Gasteiger partial charge in [0.05, 0.1) is 12.8 Å². The van der Waals surface area contributed by atoms with Gasteiger partial charge in [-0.2, -0.15) is 0 Å². The number of rotatable bonds is 9. The molecule has 4 nitrogen and oxygen atoms in total. The number of carboxylic acid groups (broad SMARTS) is 2. The second-order valence-electron chi connectivity index (χ2n) is 7.53. The zero-order valence-electron chi connectivity index (χ0n) is 18.5. The molecule has 174 valence electrons. The minimum atomic E-state index is -0.910. The Hall–Kier alpha value is -2.52. The van der Waals surface area contributed by atoms with Crippen molar-refractivity contribution < 1.29 is 19.8 Å². The molecule has 0 spiro atoms. The molecule has 0 saturated heterocycles. The highest BCUT2D eigenvalue weighted by molar-refractivity contribution is 7.98. The Labute approximate surface area is 214 Å². The molecule has 2 aromatic carbocycles. The van der Waals surface area contributed by atoms with Gasteiger partial charge in [0.2, 0.25) is 0 Å². The molecule has 0 aliphatic heterocycles. The summed E-state index contributed by atoms with van der Waals surface area (Å²) in [6, 6.07) is 20.2. The molecule has 0 atom stereocenters. The van der Waals surface area contributed by atoms with Gasteiger partial charge in [-0.1, -0.05) is 24.3 Å². The Kier molecular flexibility index (Phi) is 7.83. The number of aliphatic carboxylic acids is 2. The lowest BCUT2D eigenvalue weighted by molar-refractivity contribution is -0.137. The van der Waals surface area contributed by atoms with Crippen molar-refractivity contribution in [3.8, 4) is 30.6 Å². The van der Waals surface area contributed by atoms with Gasteiger partial charge in [-0.3, -0.25) is 9.59 Å². The van der Waals surface area contributed by atoms with Gasteiger partial charge < -0.3 is 10.2 Å². The summed E-state index contributed by atoms with van der Waals surface area (Å²) in [6.45, 7) is 0. The minimum Gasteiger partial charge on any atom is -0.481 e. The highest BCUT2D eigenvalue weighted by Gasteiger charge is 2.21. The molecular formula is C26H22O4S4. The fourth-order valence-electron chi connectivity index (χ4n) is 3.63. The summed E-state index contributed by atoms with van der Waals surface area (Å²) in [5.74, 6) is -1.82. The normalized spacial score (nSPS) is 11.0. The molecule has 0 unspecified atom stereocenters. The maximum atomic E-state index is 11.6. The average molecular weight is 527 g/mol. The van der Waals surface area contributed by atoms with Crippen LogP contribution in [0.4, 0.5) is 0 Å². The molecule has 0 radical (unpaired) electrons. The van der Waals surface area contributed by atoms with E-state index in [1.165, 1.54) is 22.7 Å². The summed E-state index contributed by atoms with van der Waals surface area (Å²) in [5, 5.41) is 19.1. The first-order chi connectivity index (χ1) is 16.4. The van der Waals surface area contributed by atoms with E-state index < -0.39 is 11.9 Å². The van der Waals surface area contributed by atoms with Crippen LogP contribution in [0.5, 0.6) is 0 Å². The van der Waals surface area contributed by atoms with Crippen LogP contribution < -0.4 is 0 Å². The van der Waals surface area contributed by atoms with Crippen LogP contribution in [0.1, 0.15) is 11.1 Å². The number of hydrogen-bond acceptors (Lipinski definition) is 6. The molecule has 0 bridgehead atoms. The molecule has 34 heavy (non-hydrogen) atoms. The first-order valence-corrected chi connectivity index (χ1v) is 14.4. The summed E-state index contributed by atoms with van der Waals surface area (Å²) >= 11 is 6.38. The van der Waals surface area contributed by atoms with E-state index in [-0.39, 0.29) is 12.8 Å². The van der Waals surface area contributed by atoms with Crippen LogP contribution in [0.15, 0.2) is 70.5 Å². The minimum absolute atomic E-state index is 0.114. The van der Waals surface area contributed by atoms with E-state index in [2.05, 4.69) is 0 Å². The van der Waals surface area contributed by atoms with Gasteiger partial charge in [-0.15, -0.1) is 46.2 Å². The molecule has 0 fully saturated rings. The van der Waals surface area contributed by atoms with Crippen LogP contribution >= 0.6 is 46.2 Å². The SMILES string of the molecule is CSc1ccc(-c2cc(CC(=O)O)c(-c3sc(-c4ccc(SC)cc4)cc3CC(=O)O)s2)cc1. The summed E-state index contributed by atoms with van der Waals surface area (Å²) in [6.07, 6.45) is 3.82. The van der Waals surface area contributed by atoms with E-state index in [1.54, 1.807) is 23.5 Å². The maximum Gasteiger partial charge on any atom is 0.307 e. The van der Waals surface area contributed by atoms with Gasteiger partial charge in [-0.05, 0) is 71.2 Å². The van der Waals surface area contributed by atoms with Crippen LogP contribution in [0.2, 0.25) is 0 Å². The van der Waals surface area contributed by atoms with Crippen molar-refractivity contribution >= 4 is 58.1 Å². The lowest BCUT2D eigenvalue weighted by Gasteiger charge is -2.02. The maximum absolute atomic E-state index is 11.6. The van der Waals surface area contributed by atoms with Crippen molar-refractivity contribution in [2.24, 2.45) is 0 Å². The second kappa shape index (κ2) is 10.8. The average Bonchev–Trinajstić information content (AvgIpc) is 3.42. The van der Waals surface area contributed by atoms with Crippen molar-refractivity contribution in [2.45, 2.75) is 22.6 Å². The van der Waals surface area contributed by atoms with Crippen LogP contribution in [0.25, 0.3) is 30.6 Å².